The number of ether oxygens (including phenoxy) is 1. The number of halogens is 1. The maximum Gasteiger partial charge on any atom is 0.149 e. The maximum absolute atomic E-state index is 10.4. The zero-order valence-electron chi connectivity index (χ0n) is 15.5. The van der Waals surface area contributed by atoms with E-state index in [0.717, 1.165) is 16.1 Å². The van der Waals surface area contributed by atoms with Crippen LogP contribution in [0.3, 0.4) is 0 Å². The number of rotatable bonds is 5. The van der Waals surface area contributed by atoms with E-state index in [1.807, 2.05) is 0 Å². The highest BCUT2D eigenvalue weighted by Crippen LogP contribution is 2.35. The van der Waals surface area contributed by atoms with Crippen molar-refractivity contribution in [2.24, 2.45) is 0 Å². The predicted octanol–water partition coefficient (Wildman–Crippen LogP) is 0.754. The minimum atomic E-state index is -1.44. The molecule has 1 aliphatic rings. The quantitative estimate of drug-likeness (QED) is 0.443. The summed E-state index contributed by atoms with van der Waals surface area (Å²) in [6.45, 7) is -0.487. The van der Waals surface area contributed by atoms with Gasteiger partial charge >= 0.3 is 0 Å². The van der Waals surface area contributed by atoms with Gasteiger partial charge in [0.1, 0.15) is 40.5 Å². The van der Waals surface area contributed by atoms with E-state index in [-0.39, 0.29) is 0 Å². The van der Waals surface area contributed by atoms with E-state index >= 15 is 0 Å². The fourth-order valence-corrected chi connectivity index (χ4v) is 4.34. The van der Waals surface area contributed by atoms with Gasteiger partial charge in [-0.05, 0) is 23.3 Å². The highest BCUT2D eigenvalue weighted by molar-refractivity contribution is 7.14. The Hall–Kier alpha value is -2.05. The fourth-order valence-electron chi connectivity index (χ4n) is 3.31. The summed E-state index contributed by atoms with van der Waals surface area (Å²) < 4.78 is 5.63. The van der Waals surface area contributed by atoms with Crippen molar-refractivity contribution >= 4 is 22.9 Å². The van der Waals surface area contributed by atoms with Crippen molar-refractivity contribution in [3.8, 4) is 10.6 Å². The molecule has 9 nitrogen and oxygen atoms in total. The molecule has 3 aromatic rings. The van der Waals surface area contributed by atoms with Crippen molar-refractivity contribution in [2.75, 3.05) is 6.61 Å². The van der Waals surface area contributed by atoms with Gasteiger partial charge in [-0.15, -0.1) is 10.2 Å². The molecule has 0 saturated carbocycles. The van der Waals surface area contributed by atoms with E-state index in [1.54, 1.807) is 36.7 Å². The molecule has 0 unspecified atom stereocenters. The van der Waals surface area contributed by atoms with E-state index in [2.05, 4.69) is 20.4 Å². The lowest BCUT2D eigenvalue weighted by atomic mass is 9.90. The van der Waals surface area contributed by atoms with Gasteiger partial charge in [0.05, 0.1) is 19.0 Å². The summed E-state index contributed by atoms with van der Waals surface area (Å²) in [6.07, 6.45) is -2.52. The lowest BCUT2D eigenvalue weighted by Gasteiger charge is -2.40. The van der Waals surface area contributed by atoms with Gasteiger partial charge in [0.25, 0.3) is 0 Å². The molecule has 11 heteroatoms. The first-order valence-electron chi connectivity index (χ1n) is 9.16. The Bertz CT molecular complexity index is 1010. The van der Waals surface area contributed by atoms with Crippen LogP contribution in [0, 0.1) is 0 Å². The molecule has 4 rings (SSSR count). The van der Waals surface area contributed by atoms with E-state index < -0.39 is 37.1 Å². The predicted molar refractivity (Wildman–Crippen MR) is 108 cm³/mol. The molecule has 30 heavy (non-hydrogen) atoms. The van der Waals surface area contributed by atoms with Gasteiger partial charge in [0.15, 0.2) is 0 Å². The molecule has 1 aromatic carbocycles. The van der Waals surface area contributed by atoms with Crippen molar-refractivity contribution in [1.29, 1.82) is 0 Å². The Morgan fingerprint density at radius 3 is 2.60 bits per heavy atom. The van der Waals surface area contributed by atoms with Crippen LogP contribution in [0.25, 0.3) is 10.6 Å². The second kappa shape index (κ2) is 8.98. The molecule has 158 valence electrons. The molecule has 0 amide bonds. The lowest BCUT2D eigenvalue weighted by molar-refractivity contribution is -0.231. The summed E-state index contributed by atoms with van der Waals surface area (Å²) in [5.41, 5.74) is 2.12. The summed E-state index contributed by atoms with van der Waals surface area (Å²) in [6, 6.07) is 6.89. The molecule has 0 bridgehead atoms. The van der Waals surface area contributed by atoms with Crippen LogP contribution in [0.15, 0.2) is 36.7 Å². The maximum atomic E-state index is 10.4. The molecule has 5 atom stereocenters. The number of hydrogen-bond acceptors (Lipinski definition) is 10. The van der Waals surface area contributed by atoms with Crippen LogP contribution in [0.2, 0.25) is 5.02 Å². The Morgan fingerprint density at radius 2 is 1.87 bits per heavy atom. The van der Waals surface area contributed by atoms with Gasteiger partial charge in [-0.3, -0.25) is 0 Å². The molecule has 1 saturated heterocycles. The number of benzene rings is 1. The minimum Gasteiger partial charge on any atom is -0.394 e. The number of aliphatic hydroxyl groups is 4. The molecule has 0 aliphatic carbocycles. The van der Waals surface area contributed by atoms with Crippen LogP contribution in [0.5, 0.6) is 0 Å². The zero-order chi connectivity index (χ0) is 21.3. The van der Waals surface area contributed by atoms with Gasteiger partial charge in [0.2, 0.25) is 0 Å². The Balaban J connectivity index is 1.57. The molecule has 3 heterocycles. The van der Waals surface area contributed by atoms with E-state index in [9.17, 15) is 20.4 Å². The molecular weight excluding hydrogens is 432 g/mol. The van der Waals surface area contributed by atoms with Crippen LogP contribution in [-0.2, 0) is 11.2 Å². The Labute approximate surface area is 180 Å². The third-order valence-electron chi connectivity index (χ3n) is 4.93. The standard InChI is InChI=1S/C19H19ClN4O5S/c20-12-2-1-9(18-17(28)16(27)15(26)13(8-25)29-18)5-11(12)6-14-23-24-19(30-14)10-3-4-21-22-7-10/h1-5,7,13,15-18,25-28H,6,8H2/t13-,15-,16+,17-,18+/m1/s1. The molecule has 0 spiro atoms. The topological polar surface area (TPSA) is 142 Å². The van der Waals surface area contributed by atoms with Crippen LogP contribution < -0.4 is 0 Å². The van der Waals surface area contributed by atoms with Crippen molar-refractivity contribution in [2.45, 2.75) is 36.9 Å². The molecular formula is C19H19ClN4O5S. The molecule has 1 aliphatic heterocycles. The Morgan fingerprint density at radius 1 is 1.03 bits per heavy atom. The summed E-state index contributed by atoms with van der Waals surface area (Å²) in [5.74, 6) is 0. The van der Waals surface area contributed by atoms with Gasteiger partial charge < -0.3 is 25.2 Å². The number of aromatic nitrogens is 4. The second-order valence-corrected chi connectivity index (χ2v) is 8.38. The molecule has 0 radical (unpaired) electrons. The summed E-state index contributed by atoms with van der Waals surface area (Å²) in [4.78, 5) is 0. The van der Waals surface area contributed by atoms with Crippen molar-refractivity contribution < 1.29 is 25.2 Å². The smallest absolute Gasteiger partial charge is 0.149 e. The molecule has 4 N–H and O–H groups in total. The minimum absolute atomic E-state index is 0.403. The summed E-state index contributed by atoms with van der Waals surface area (Å²) in [7, 11) is 0. The van der Waals surface area contributed by atoms with Crippen LogP contribution >= 0.6 is 22.9 Å². The molecule has 1 fully saturated rings. The first-order valence-corrected chi connectivity index (χ1v) is 10.4. The van der Waals surface area contributed by atoms with E-state index in [1.165, 1.54) is 11.3 Å². The normalized spacial score (nSPS) is 26.6. The highest BCUT2D eigenvalue weighted by atomic mass is 35.5. The summed E-state index contributed by atoms with van der Waals surface area (Å²) >= 11 is 7.76. The van der Waals surface area contributed by atoms with Gasteiger partial charge in [-0.1, -0.05) is 35.1 Å². The third kappa shape index (κ3) is 4.21. The van der Waals surface area contributed by atoms with Crippen molar-refractivity contribution in [3.63, 3.8) is 0 Å². The average molecular weight is 451 g/mol. The SMILES string of the molecule is OC[C@H]1O[C@@H](c2ccc(Cl)c(Cc3nnc(-c4ccnnc4)s3)c2)[C@H](O)[C@@H](O)[C@@H]1O. The lowest BCUT2D eigenvalue weighted by Crippen LogP contribution is -2.55. The highest BCUT2D eigenvalue weighted by Gasteiger charge is 2.44. The van der Waals surface area contributed by atoms with Crippen molar-refractivity contribution in [1.82, 2.24) is 20.4 Å². The van der Waals surface area contributed by atoms with Crippen LogP contribution in [0.4, 0.5) is 0 Å². The first kappa shape index (κ1) is 21.2. The molecule has 2 aromatic heterocycles. The van der Waals surface area contributed by atoms with Crippen molar-refractivity contribution in [3.05, 3.63) is 57.8 Å². The van der Waals surface area contributed by atoms with Gasteiger partial charge in [-0.25, -0.2) is 0 Å². The van der Waals surface area contributed by atoms with Gasteiger partial charge in [-0.2, -0.15) is 10.2 Å². The Kier molecular flexibility index (Phi) is 6.34. The second-order valence-electron chi connectivity index (χ2n) is 6.91. The third-order valence-corrected chi connectivity index (χ3v) is 6.27. The van der Waals surface area contributed by atoms with Crippen LogP contribution in [-0.4, -0.2) is 71.8 Å². The number of nitrogens with zero attached hydrogens (tertiary/aromatic N) is 4. The van der Waals surface area contributed by atoms with E-state index in [0.29, 0.717) is 22.0 Å². The van der Waals surface area contributed by atoms with E-state index in [4.69, 9.17) is 16.3 Å². The monoisotopic (exact) mass is 450 g/mol. The zero-order valence-corrected chi connectivity index (χ0v) is 17.1. The van der Waals surface area contributed by atoms with Crippen LogP contribution in [0.1, 0.15) is 22.2 Å². The number of hydrogen-bond donors (Lipinski definition) is 4. The van der Waals surface area contributed by atoms with Gasteiger partial charge in [0, 0.05) is 17.0 Å². The average Bonchev–Trinajstić information content (AvgIpc) is 3.23. The first-order chi connectivity index (χ1) is 14.5. The fraction of sp³-hybridized carbons (Fsp3) is 0.368. The number of aliphatic hydroxyl groups excluding tert-OH is 4. The summed E-state index contributed by atoms with van der Waals surface area (Å²) in [5, 5.41) is 57.7. The largest absolute Gasteiger partial charge is 0.394 e.